The number of nitrogens with two attached hydrogens (primary N) is 1. The molecule has 96 valence electrons. The van der Waals surface area contributed by atoms with Crippen LogP contribution in [0, 0.1) is 0 Å². The number of urea groups is 1. The number of amides is 2. The van der Waals surface area contributed by atoms with Crippen molar-refractivity contribution in [3.63, 3.8) is 0 Å². The number of aromatic carboxylic acids is 1. The summed E-state index contributed by atoms with van der Waals surface area (Å²) in [5, 5.41) is 11.7. The summed E-state index contributed by atoms with van der Waals surface area (Å²) >= 11 is 0. The maximum Gasteiger partial charge on any atom is 0.335 e. The van der Waals surface area contributed by atoms with Gasteiger partial charge in [0.1, 0.15) is 0 Å². The van der Waals surface area contributed by atoms with Crippen molar-refractivity contribution in [2.24, 2.45) is 0 Å². The summed E-state index contributed by atoms with van der Waals surface area (Å²) in [6.07, 6.45) is 2.01. The molecule has 1 aliphatic carbocycles. The Morgan fingerprint density at radius 3 is 2.61 bits per heavy atom. The molecule has 1 aromatic rings. The number of carboxylic acids is 1. The lowest BCUT2D eigenvalue weighted by Crippen LogP contribution is -2.38. The van der Waals surface area contributed by atoms with Crippen molar-refractivity contribution in [1.29, 1.82) is 0 Å². The van der Waals surface area contributed by atoms with Crippen molar-refractivity contribution in [1.82, 2.24) is 5.32 Å². The zero-order valence-electron chi connectivity index (χ0n) is 10.0. The molecule has 0 heterocycles. The zero-order valence-corrected chi connectivity index (χ0v) is 10.0. The molecule has 0 radical (unpaired) electrons. The van der Waals surface area contributed by atoms with Gasteiger partial charge in [-0.05, 0) is 31.0 Å². The average molecular weight is 249 g/mol. The van der Waals surface area contributed by atoms with E-state index < -0.39 is 5.97 Å². The summed E-state index contributed by atoms with van der Waals surface area (Å²) < 4.78 is 0. The monoisotopic (exact) mass is 249 g/mol. The molecule has 2 amide bonds. The number of carboxylic acid groups (broad SMARTS) is 1. The maximum absolute atomic E-state index is 11.8. The molecule has 2 rings (SSSR count). The summed E-state index contributed by atoms with van der Waals surface area (Å²) in [5.74, 6) is -1.04. The van der Waals surface area contributed by atoms with E-state index in [9.17, 15) is 9.59 Å². The van der Waals surface area contributed by atoms with Gasteiger partial charge in [0, 0.05) is 13.1 Å². The first-order valence-corrected chi connectivity index (χ1v) is 5.66. The highest BCUT2D eigenvalue weighted by atomic mass is 16.4. The van der Waals surface area contributed by atoms with Crippen LogP contribution in [0.5, 0.6) is 0 Å². The molecule has 0 aliphatic heterocycles. The fourth-order valence-corrected chi connectivity index (χ4v) is 1.60. The van der Waals surface area contributed by atoms with Crippen LogP contribution < -0.4 is 16.0 Å². The van der Waals surface area contributed by atoms with Crippen LogP contribution in [-0.4, -0.2) is 30.2 Å². The Hall–Kier alpha value is -2.24. The number of hydrogen-bond acceptors (Lipinski definition) is 3. The fraction of sp³-hybridized carbons (Fsp3) is 0.333. The summed E-state index contributed by atoms with van der Waals surface area (Å²) in [4.78, 5) is 24.0. The normalized spacial score (nSPS) is 14.1. The fourth-order valence-electron chi connectivity index (χ4n) is 1.60. The van der Waals surface area contributed by atoms with Crippen LogP contribution >= 0.6 is 0 Å². The number of carbonyl (C=O) groups excluding carboxylic acids is 1. The Bertz CT molecular complexity index is 497. The van der Waals surface area contributed by atoms with E-state index in [0.717, 1.165) is 12.8 Å². The van der Waals surface area contributed by atoms with Gasteiger partial charge in [-0.25, -0.2) is 9.59 Å². The lowest BCUT2D eigenvalue weighted by Gasteiger charge is -2.19. The maximum atomic E-state index is 11.8. The van der Waals surface area contributed by atoms with Gasteiger partial charge in [0.05, 0.1) is 16.9 Å². The van der Waals surface area contributed by atoms with E-state index in [1.807, 2.05) is 0 Å². The minimum atomic E-state index is -1.04. The second-order valence-corrected chi connectivity index (χ2v) is 4.36. The number of nitrogens with zero attached hydrogens (tertiary/aromatic N) is 1. The highest BCUT2D eigenvalue weighted by Gasteiger charge is 2.25. The first kappa shape index (κ1) is 12.2. The number of benzene rings is 1. The molecule has 0 unspecified atom stereocenters. The standard InChI is InChI=1S/C12H15N3O3/c1-15(12(18)14-8-3-4-8)10-5-2-7(11(16)17)6-9(10)13/h2,5-6,8H,3-4,13H2,1H3,(H,14,18)(H,16,17). The van der Waals surface area contributed by atoms with E-state index >= 15 is 0 Å². The van der Waals surface area contributed by atoms with Crippen molar-refractivity contribution in [2.45, 2.75) is 18.9 Å². The quantitative estimate of drug-likeness (QED) is 0.703. The van der Waals surface area contributed by atoms with Gasteiger partial charge >= 0.3 is 12.0 Å². The third-order valence-electron chi connectivity index (χ3n) is 2.85. The Labute approximate surface area is 104 Å². The highest BCUT2D eigenvalue weighted by Crippen LogP contribution is 2.25. The Morgan fingerprint density at radius 2 is 2.11 bits per heavy atom. The molecule has 1 aromatic carbocycles. The average Bonchev–Trinajstić information content (AvgIpc) is 3.11. The number of hydrogen-bond donors (Lipinski definition) is 3. The van der Waals surface area contributed by atoms with Crippen molar-refractivity contribution >= 4 is 23.4 Å². The molecular formula is C12H15N3O3. The van der Waals surface area contributed by atoms with E-state index in [2.05, 4.69) is 5.32 Å². The van der Waals surface area contributed by atoms with Crippen LogP contribution in [0.3, 0.4) is 0 Å². The summed E-state index contributed by atoms with van der Waals surface area (Å²) in [6.45, 7) is 0. The molecule has 0 saturated heterocycles. The first-order valence-electron chi connectivity index (χ1n) is 5.66. The van der Waals surface area contributed by atoms with Gasteiger partial charge in [-0.2, -0.15) is 0 Å². The summed E-state index contributed by atoms with van der Waals surface area (Å²) in [6, 6.07) is 4.34. The number of nitrogen functional groups attached to an aromatic ring is 1. The predicted molar refractivity (Wildman–Crippen MR) is 67.8 cm³/mol. The number of rotatable bonds is 3. The van der Waals surface area contributed by atoms with E-state index in [0.29, 0.717) is 5.69 Å². The van der Waals surface area contributed by atoms with Crippen molar-refractivity contribution < 1.29 is 14.7 Å². The second-order valence-electron chi connectivity index (χ2n) is 4.36. The van der Waals surface area contributed by atoms with E-state index in [1.165, 1.54) is 23.1 Å². The van der Waals surface area contributed by atoms with Gasteiger partial charge in [-0.15, -0.1) is 0 Å². The number of carbonyl (C=O) groups is 2. The molecular weight excluding hydrogens is 234 g/mol. The summed E-state index contributed by atoms with van der Waals surface area (Å²) in [7, 11) is 1.60. The molecule has 6 heteroatoms. The van der Waals surface area contributed by atoms with Gasteiger partial charge in [0.2, 0.25) is 0 Å². The van der Waals surface area contributed by atoms with Gasteiger partial charge < -0.3 is 16.2 Å². The molecule has 1 saturated carbocycles. The van der Waals surface area contributed by atoms with Crippen LogP contribution in [-0.2, 0) is 0 Å². The largest absolute Gasteiger partial charge is 0.478 e. The van der Waals surface area contributed by atoms with E-state index in [1.54, 1.807) is 7.05 Å². The third-order valence-corrected chi connectivity index (χ3v) is 2.85. The molecule has 1 aliphatic rings. The Balaban J connectivity index is 2.16. The van der Waals surface area contributed by atoms with Gasteiger partial charge in [0.25, 0.3) is 0 Å². The van der Waals surface area contributed by atoms with Crippen molar-refractivity contribution in [3.05, 3.63) is 23.8 Å². The molecule has 4 N–H and O–H groups in total. The molecule has 0 aromatic heterocycles. The smallest absolute Gasteiger partial charge is 0.335 e. The molecule has 18 heavy (non-hydrogen) atoms. The Morgan fingerprint density at radius 1 is 1.44 bits per heavy atom. The van der Waals surface area contributed by atoms with Gasteiger partial charge in [0.15, 0.2) is 0 Å². The lowest BCUT2D eigenvalue weighted by atomic mass is 10.1. The van der Waals surface area contributed by atoms with Crippen LogP contribution in [0.15, 0.2) is 18.2 Å². The van der Waals surface area contributed by atoms with E-state index in [4.69, 9.17) is 10.8 Å². The lowest BCUT2D eigenvalue weighted by molar-refractivity contribution is 0.0697. The highest BCUT2D eigenvalue weighted by molar-refractivity contribution is 5.97. The van der Waals surface area contributed by atoms with Crippen molar-refractivity contribution in [3.8, 4) is 0 Å². The van der Waals surface area contributed by atoms with Crippen LogP contribution in [0.4, 0.5) is 16.2 Å². The zero-order chi connectivity index (χ0) is 13.3. The third kappa shape index (κ3) is 2.53. The summed E-state index contributed by atoms with van der Waals surface area (Å²) in [5.41, 5.74) is 6.63. The molecule has 0 bridgehead atoms. The molecule has 0 atom stereocenters. The van der Waals surface area contributed by atoms with Gasteiger partial charge in [-0.3, -0.25) is 4.90 Å². The SMILES string of the molecule is CN(C(=O)NC1CC1)c1ccc(C(=O)O)cc1N. The molecule has 6 nitrogen and oxygen atoms in total. The van der Waals surface area contributed by atoms with Crippen LogP contribution in [0.2, 0.25) is 0 Å². The first-order chi connectivity index (χ1) is 8.49. The minimum Gasteiger partial charge on any atom is -0.478 e. The van der Waals surface area contributed by atoms with Crippen molar-refractivity contribution in [2.75, 3.05) is 17.7 Å². The predicted octanol–water partition coefficient (Wildman–Crippen LogP) is 1.28. The number of anilines is 2. The van der Waals surface area contributed by atoms with Gasteiger partial charge in [-0.1, -0.05) is 0 Å². The van der Waals surface area contributed by atoms with E-state index in [-0.39, 0.29) is 23.3 Å². The molecule has 1 fully saturated rings. The second kappa shape index (κ2) is 4.56. The van der Waals surface area contributed by atoms with Crippen LogP contribution in [0.25, 0.3) is 0 Å². The minimum absolute atomic E-state index is 0.104. The molecule has 0 spiro atoms. The van der Waals surface area contributed by atoms with Crippen LogP contribution in [0.1, 0.15) is 23.2 Å². The topological polar surface area (TPSA) is 95.7 Å². The Kier molecular flexibility index (Phi) is 3.10. The number of nitrogens with one attached hydrogen (secondary N) is 1.